The average molecular weight is 1310 g/mol. The van der Waals surface area contributed by atoms with Crippen LogP contribution in [0.1, 0.15) is 119 Å². The highest BCUT2D eigenvalue weighted by Crippen LogP contribution is 2.34. The molecular formula is C71H81BrN6O13. The second-order valence-electron chi connectivity index (χ2n) is 21.9. The van der Waals surface area contributed by atoms with Crippen molar-refractivity contribution in [3.8, 4) is 0 Å². The molecule has 0 spiro atoms. The lowest BCUT2D eigenvalue weighted by molar-refractivity contribution is -0.137. The number of piperidine rings is 2. The van der Waals surface area contributed by atoms with Gasteiger partial charge < -0.3 is 51.3 Å². The number of ether oxygens (including phenoxy) is 1. The minimum absolute atomic E-state index is 0.128. The molecule has 0 unspecified atom stereocenters. The van der Waals surface area contributed by atoms with Gasteiger partial charge in [0, 0.05) is 50.8 Å². The molecule has 3 aliphatic rings. The van der Waals surface area contributed by atoms with E-state index in [0.29, 0.717) is 37.5 Å². The Bertz CT molecular complexity index is 3540. The number of halogens is 1. The third-order valence-electron chi connectivity index (χ3n) is 13.9. The number of hydrogen-bond donors (Lipinski definition) is 8. The molecule has 2 saturated heterocycles. The zero-order chi connectivity index (χ0) is 67.3. The molecule has 3 aliphatic heterocycles. The van der Waals surface area contributed by atoms with Crippen LogP contribution in [0.2, 0.25) is 0 Å². The van der Waals surface area contributed by atoms with Gasteiger partial charge in [-0.3, -0.25) is 28.8 Å². The Kier molecular flexibility index (Phi) is 30.0. The van der Waals surface area contributed by atoms with Crippen LogP contribution >= 0.6 is 15.9 Å². The quantitative estimate of drug-likeness (QED) is 0.0321. The van der Waals surface area contributed by atoms with E-state index in [2.05, 4.69) is 42.2 Å². The molecule has 0 atom stereocenters. The molecule has 6 aromatic carbocycles. The van der Waals surface area contributed by atoms with Crippen LogP contribution < -0.4 is 21.3 Å². The lowest BCUT2D eigenvalue weighted by Crippen LogP contribution is -2.47. The third-order valence-corrected chi connectivity index (χ3v) is 14.5. The standard InChI is InChI=1S/C24H28N2O3.C12H13NO3.C12H11NO2.C11H14BrNO.C8H8O.C4H7NO3/c1-17-4-8-20(9-5-17)16-22(25-19(3)27)23(28)26-14-12-24(29,13-15-26)21-10-6-18(2)7-11-21;1-8-3-5-10(6-4-8)7-11(12(15)16)13-9(2)14;1-8-3-5-10(6-4-8)7-11-12(14)15-9(2)13-11;12-10-3-1-9(2-4-10)11(14)5-7-13-8-6-11;1-7-2-4-8(6-9)5-3-7;1-3(6)5-2-4(7)8/h4-11,16,29H,12-15H2,1-3H3,(H,25,27);3-7H,1-2H3,(H,13,14)(H,15,16);3-7H,1-2H3;1-4,13-14H,5-8H2;2-6H,1H3;2H2,1H3,(H,5,6)(H,7,8)/b22-16-;2*11-7-;;;. The van der Waals surface area contributed by atoms with Crippen molar-refractivity contribution in [3.63, 3.8) is 0 Å². The highest BCUT2D eigenvalue weighted by Gasteiger charge is 2.36. The normalized spacial score (nSPS) is 14.9. The number of rotatable bonds is 12. The minimum Gasteiger partial charge on any atom is -0.480 e. The maximum absolute atomic E-state index is 13.1. The van der Waals surface area contributed by atoms with Crippen LogP contribution in [0.15, 0.2) is 172 Å². The van der Waals surface area contributed by atoms with Crippen molar-refractivity contribution in [1.82, 2.24) is 26.2 Å². The van der Waals surface area contributed by atoms with Gasteiger partial charge in [-0.1, -0.05) is 177 Å². The zero-order valence-corrected chi connectivity index (χ0v) is 54.4. The number of esters is 1. The van der Waals surface area contributed by atoms with E-state index < -0.39 is 29.0 Å². The summed E-state index contributed by atoms with van der Waals surface area (Å²) < 4.78 is 5.87. The van der Waals surface area contributed by atoms with Crippen molar-refractivity contribution in [1.29, 1.82) is 0 Å². The molecule has 20 heteroatoms. The molecule has 0 aliphatic carbocycles. The molecule has 2 fully saturated rings. The molecule has 8 N–H and O–H groups in total. The summed E-state index contributed by atoms with van der Waals surface area (Å²) in [5.74, 6) is -3.41. The number of carbonyl (C=O) groups excluding carboxylic acids is 6. The predicted molar refractivity (Wildman–Crippen MR) is 356 cm³/mol. The molecule has 0 bridgehead atoms. The van der Waals surface area contributed by atoms with E-state index in [1.807, 2.05) is 168 Å². The van der Waals surface area contributed by atoms with E-state index >= 15 is 0 Å². The van der Waals surface area contributed by atoms with Crippen molar-refractivity contribution < 1.29 is 63.5 Å². The number of carboxylic acids is 2. The van der Waals surface area contributed by atoms with Gasteiger partial charge in [0.15, 0.2) is 11.6 Å². The van der Waals surface area contributed by atoms with Gasteiger partial charge in [-0.2, -0.15) is 0 Å². The number of aliphatic imine (C=N–C) groups is 1. The molecule has 91 heavy (non-hydrogen) atoms. The maximum Gasteiger partial charge on any atom is 0.363 e. The van der Waals surface area contributed by atoms with Gasteiger partial charge in [-0.15, -0.1) is 0 Å². The first kappa shape index (κ1) is 74.0. The first-order valence-electron chi connectivity index (χ1n) is 29.2. The van der Waals surface area contributed by atoms with Crippen LogP contribution in [0.5, 0.6) is 0 Å². The Hall–Kier alpha value is -9.47. The number of benzene rings is 6. The van der Waals surface area contributed by atoms with Crippen LogP contribution in [-0.4, -0.2) is 112 Å². The number of aliphatic hydroxyl groups is 2. The van der Waals surface area contributed by atoms with E-state index in [-0.39, 0.29) is 41.6 Å². The highest BCUT2D eigenvalue weighted by atomic mass is 79.9. The number of aryl methyl sites for hydroxylation is 5. The number of nitrogens with zero attached hydrogens (tertiary/aromatic N) is 2. The Morgan fingerprint density at radius 1 is 0.560 bits per heavy atom. The number of amides is 4. The van der Waals surface area contributed by atoms with E-state index in [4.69, 9.17) is 14.9 Å². The summed E-state index contributed by atoms with van der Waals surface area (Å²) in [6, 6.07) is 46.2. The van der Waals surface area contributed by atoms with E-state index in [1.165, 1.54) is 38.0 Å². The SMILES string of the molecule is CC(=O)N/C(=C\c1ccc(C)cc1)C(=O)N1CCC(O)(c2ccc(C)cc2)CC1.CC(=O)N/C(=C\c1ccc(C)cc1)C(=O)O.CC(=O)NCC(=O)O.CC1=N/C(=C\c2ccc(C)cc2)C(=O)O1.Cc1ccc(C=O)cc1.OC1(c2ccc(Br)cc2)CCNCC1. The van der Waals surface area contributed by atoms with Crippen molar-refractivity contribution in [2.75, 3.05) is 32.7 Å². The molecule has 0 aromatic heterocycles. The molecule has 9 rings (SSSR count). The topological polar surface area (TPSA) is 290 Å². The van der Waals surface area contributed by atoms with E-state index in [1.54, 1.807) is 36.1 Å². The van der Waals surface area contributed by atoms with Gasteiger partial charge in [0.1, 0.15) is 24.2 Å². The summed E-state index contributed by atoms with van der Waals surface area (Å²) >= 11 is 3.39. The molecule has 6 aromatic rings. The van der Waals surface area contributed by atoms with Crippen molar-refractivity contribution in [2.24, 2.45) is 4.99 Å². The molecule has 480 valence electrons. The molecule has 3 heterocycles. The molecular weight excluding hydrogens is 1220 g/mol. The number of carbonyl (C=O) groups is 8. The second kappa shape index (κ2) is 36.9. The maximum atomic E-state index is 13.1. The number of aliphatic carboxylic acids is 2. The van der Waals surface area contributed by atoms with Gasteiger partial charge in [0.05, 0.1) is 11.2 Å². The monoisotopic (exact) mass is 1300 g/mol. The Balaban J connectivity index is 0.000000247. The predicted octanol–water partition coefficient (Wildman–Crippen LogP) is 10.2. The fraction of sp³-hybridized carbons (Fsp3) is 0.282. The van der Waals surface area contributed by atoms with Crippen molar-refractivity contribution >= 4 is 87.9 Å². The van der Waals surface area contributed by atoms with Crippen LogP contribution in [0.4, 0.5) is 0 Å². The average Bonchev–Trinajstić information content (AvgIpc) is 1.48. The Morgan fingerprint density at radius 3 is 1.32 bits per heavy atom. The number of hydrogen-bond acceptors (Lipinski definition) is 13. The fourth-order valence-corrected chi connectivity index (χ4v) is 9.08. The Labute approximate surface area is 540 Å². The van der Waals surface area contributed by atoms with Gasteiger partial charge in [0.2, 0.25) is 17.7 Å². The first-order valence-corrected chi connectivity index (χ1v) is 30.0. The smallest absolute Gasteiger partial charge is 0.363 e. The van der Waals surface area contributed by atoms with Gasteiger partial charge >= 0.3 is 17.9 Å². The zero-order valence-electron chi connectivity index (χ0n) is 52.8. The lowest BCUT2D eigenvalue weighted by atomic mass is 9.84. The summed E-state index contributed by atoms with van der Waals surface area (Å²) in [7, 11) is 0. The Morgan fingerprint density at radius 2 is 0.945 bits per heavy atom. The number of likely N-dealkylation sites (tertiary alicyclic amines) is 1. The van der Waals surface area contributed by atoms with Gasteiger partial charge in [0.25, 0.3) is 5.91 Å². The molecule has 19 nitrogen and oxygen atoms in total. The number of cyclic esters (lactones) is 1. The van der Waals surface area contributed by atoms with E-state index in [0.717, 1.165) is 86.8 Å². The van der Waals surface area contributed by atoms with Gasteiger partial charge in [-0.25, -0.2) is 14.6 Å². The summed E-state index contributed by atoms with van der Waals surface area (Å²) in [5.41, 5.74) is 9.84. The fourth-order valence-electron chi connectivity index (χ4n) is 8.81. The van der Waals surface area contributed by atoms with E-state index in [9.17, 15) is 48.6 Å². The lowest BCUT2D eigenvalue weighted by Gasteiger charge is -2.38. The molecule has 0 saturated carbocycles. The minimum atomic E-state index is -1.16. The second-order valence-corrected chi connectivity index (χ2v) is 22.8. The summed E-state index contributed by atoms with van der Waals surface area (Å²) in [4.78, 5) is 93.0. The summed E-state index contributed by atoms with van der Waals surface area (Å²) in [5, 5.41) is 48.5. The number of nitrogens with one attached hydrogen (secondary N) is 4. The van der Waals surface area contributed by atoms with Crippen molar-refractivity contribution in [2.45, 2.75) is 99.2 Å². The van der Waals surface area contributed by atoms with Crippen LogP contribution in [0.25, 0.3) is 18.2 Å². The van der Waals surface area contributed by atoms with Crippen molar-refractivity contribution in [3.05, 3.63) is 228 Å². The van der Waals surface area contributed by atoms with Crippen LogP contribution in [0.3, 0.4) is 0 Å². The number of aldehydes is 1. The summed E-state index contributed by atoms with van der Waals surface area (Å²) in [6.45, 7) is 17.9. The summed E-state index contributed by atoms with van der Waals surface area (Å²) in [6.07, 6.45) is 8.20. The van der Waals surface area contributed by atoms with Crippen LogP contribution in [0, 0.1) is 34.6 Å². The first-order chi connectivity index (χ1) is 43.1. The molecule has 4 amide bonds. The highest BCUT2D eigenvalue weighted by molar-refractivity contribution is 9.10. The third kappa shape index (κ3) is 27.0. The van der Waals surface area contributed by atoms with Gasteiger partial charge in [-0.05, 0) is 132 Å². The largest absolute Gasteiger partial charge is 0.480 e. The van der Waals surface area contributed by atoms with Crippen LogP contribution in [-0.2, 0) is 49.5 Å². The number of carboxylic acid groups (broad SMARTS) is 2. The molecule has 0 radical (unpaired) electrons.